The third kappa shape index (κ3) is 5.79. The molecule has 2 atom stereocenters. The molecule has 0 aromatic heterocycles. The molecule has 2 aliphatic rings. The SMILES string of the molecule is CC(C)CC(NC(=O)C1(Cc2ccccc2)CC(CNC(=O)C2(c3ccccc3)CC2)=NO1)B(O)O. The maximum atomic E-state index is 13.5. The highest BCUT2D eigenvalue weighted by Gasteiger charge is 2.52. The minimum absolute atomic E-state index is 0.0539. The average Bonchev–Trinajstić information content (AvgIpc) is 3.58. The van der Waals surface area contributed by atoms with E-state index in [4.69, 9.17) is 4.84 Å². The normalized spacial score (nSPS) is 20.8. The van der Waals surface area contributed by atoms with Crippen molar-refractivity contribution in [2.45, 2.75) is 62.9 Å². The van der Waals surface area contributed by atoms with Crippen LogP contribution in [0.1, 0.15) is 50.7 Å². The van der Waals surface area contributed by atoms with Gasteiger partial charge >= 0.3 is 7.12 Å². The van der Waals surface area contributed by atoms with Crippen LogP contribution in [0.3, 0.4) is 0 Å². The zero-order valence-electron chi connectivity index (χ0n) is 20.8. The molecule has 36 heavy (non-hydrogen) atoms. The lowest BCUT2D eigenvalue weighted by Gasteiger charge is -2.29. The van der Waals surface area contributed by atoms with Gasteiger partial charge in [-0.2, -0.15) is 0 Å². The van der Waals surface area contributed by atoms with E-state index in [-0.39, 0.29) is 31.2 Å². The standard InChI is InChI=1S/C27H34BN3O5/c1-19(2)15-23(28(34)35)30-25(33)27(16-20-9-5-3-6-10-20)17-22(31-36-27)18-29-24(32)26(13-14-26)21-11-7-4-8-12-21/h3-12,19,23,34-35H,13-18H2,1-2H3,(H,29,32)(H,30,33). The molecule has 4 rings (SSSR count). The highest BCUT2D eigenvalue weighted by Crippen LogP contribution is 2.48. The van der Waals surface area contributed by atoms with E-state index in [0.29, 0.717) is 12.1 Å². The van der Waals surface area contributed by atoms with Gasteiger partial charge in [-0.05, 0) is 36.3 Å². The van der Waals surface area contributed by atoms with Crippen LogP contribution < -0.4 is 10.6 Å². The number of hydrogen-bond acceptors (Lipinski definition) is 6. The summed E-state index contributed by atoms with van der Waals surface area (Å²) in [6, 6.07) is 19.2. The topological polar surface area (TPSA) is 120 Å². The second kappa shape index (κ2) is 10.8. The van der Waals surface area contributed by atoms with Crippen molar-refractivity contribution in [1.29, 1.82) is 0 Å². The summed E-state index contributed by atoms with van der Waals surface area (Å²) in [6.45, 7) is 4.06. The molecule has 1 aliphatic heterocycles. The fourth-order valence-corrected chi connectivity index (χ4v) is 4.81. The molecule has 2 amide bonds. The molecular weight excluding hydrogens is 457 g/mol. The number of hydrogen-bond donors (Lipinski definition) is 4. The molecule has 190 valence electrons. The summed E-state index contributed by atoms with van der Waals surface area (Å²) >= 11 is 0. The summed E-state index contributed by atoms with van der Waals surface area (Å²) in [6.07, 6.45) is 2.43. The molecule has 2 unspecified atom stereocenters. The molecule has 1 aliphatic carbocycles. The van der Waals surface area contributed by atoms with Crippen LogP contribution >= 0.6 is 0 Å². The molecule has 0 saturated heterocycles. The Bertz CT molecular complexity index is 1090. The molecule has 0 spiro atoms. The highest BCUT2D eigenvalue weighted by atomic mass is 16.7. The summed E-state index contributed by atoms with van der Waals surface area (Å²) in [4.78, 5) is 32.3. The van der Waals surface area contributed by atoms with Gasteiger partial charge in [0.25, 0.3) is 5.91 Å². The van der Waals surface area contributed by atoms with Crippen molar-refractivity contribution in [1.82, 2.24) is 10.6 Å². The van der Waals surface area contributed by atoms with Crippen LogP contribution in [0.25, 0.3) is 0 Å². The van der Waals surface area contributed by atoms with E-state index in [1.807, 2.05) is 74.5 Å². The summed E-state index contributed by atoms with van der Waals surface area (Å²) < 4.78 is 0. The number of nitrogens with one attached hydrogen (secondary N) is 2. The molecule has 1 saturated carbocycles. The van der Waals surface area contributed by atoms with Crippen molar-refractivity contribution in [3.63, 3.8) is 0 Å². The van der Waals surface area contributed by atoms with E-state index in [1.54, 1.807) is 0 Å². The van der Waals surface area contributed by atoms with Gasteiger partial charge in [0, 0.05) is 12.8 Å². The highest BCUT2D eigenvalue weighted by molar-refractivity contribution is 6.43. The predicted molar refractivity (Wildman–Crippen MR) is 138 cm³/mol. The number of amides is 2. The van der Waals surface area contributed by atoms with Gasteiger partial charge in [0.15, 0.2) is 0 Å². The first-order valence-electron chi connectivity index (χ1n) is 12.5. The van der Waals surface area contributed by atoms with Gasteiger partial charge in [-0.3, -0.25) is 9.59 Å². The fourth-order valence-electron chi connectivity index (χ4n) is 4.81. The van der Waals surface area contributed by atoms with Gasteiger partial charge in [-0.15, -0.1) is 0 Å². The third-order valence-electron chi connectivity index (χ3n) is 6.95. The lowest BCUT2D eigenvalue weighted by Crippen LogP contribution is -2.56. The first-order valence-corrected chi connectivity index (χ1v) is 12.5. The van der Waals surface area contributed by atoms with Crippen molar-refractivity contribution in [2.24, 2.45) is 11.1 Å². The molecule has 0 radical (unpaired) electrons. The van der Waals surface area contributed by atoms with E-state index in [1.165, 1.54) is 0 Å². The van der Waals surface area contributed by atoms with E-state index >= 15 is 0 Å². The van der Waals surface area contributed by atoms with Crippen molar-refractivity contribution >= 4 is 24.6 Å². The Morgan fingerprint density at radius 1 is 1.03 bits per heavy atom. The Kier molecular flexibility index (Phi) is 7.81. The molecule has 4 N–H and O–H groups in total. The summed E-state index contributed by atoms with van der Waals surface area (Å²) in [7, 11) is -1.70. The number of carbonyl (C=O) groups excluding carboxylic acids is 2. The average molecular weight is 491 g/mol. The first kappa shape index (κ1) is 25.9. The zero-order valence-corrected chi connectivity index (χ0v) is 20.8. The van der Waals surface area contributed by atoms with Gasteiger partial charge in [0.2, 0.25) is 11.5 Å². The van der Waals surface area contributed by atoms with E-state index in [9.17, 15) is 19.6 Å². The molecular formula is C27H34BN3O5. The molecule has 1 heterocycles. The van der Waals surface area contributed by atoms with Crippen LogP contribution in [0.2, 0.25) is 0 Å². The van der Waals surface area contributed by atoms with Gasteiger partial charge in [0.1, 0.15) is 0 Å². The second-order valence-corrected chi connectivity index (χ2v) is 10.3. The van der Waals surface area contributed by atoms with E-state index < -0.39 is 30.0 Å². The first-order chi connectivity index (χ1) is 17.2. The number of nitrogens with zero attached hydrogens (tertiary/aromatic N) is 1. The van der Waals surface area contributed by atoms with Gasteiger partial charge in [-0.25, -0.2) is 0 Å². The number of oxime groups is 1. The minimum atomic E-state index is -1.70. The lowest BCUT2D eigenvalue weighted by atomic mass is 9.74. The second-order valence-electron chi connectivity index (χ2n) is 10.3. The van der Waals surface area contributed by atoms with Crippen LogP contribution in [-0.4, -0.2) is 52.8 Å². The molecule has 9 heteroatoms. The van der Waals surface area contributed by atoms with Crippen LogP contribution in [0.4, 0.5) is 0 Å². The smallest absolute Gasteiger partial charge is 0.426 e. The maximum absolute atomic E-state index is 13.5. The number of rotatable bonds is 11. The molecule has 2 aromatic carbocycles. The zero-order chi connectivity index (χ0) is 25.8. The lowest BCUT2D eigenvalue weighted by molar-refractivity contribution is -0.144. The summed E-state index contributed by atoms with van der Waals surface area (Å²) in [5, 5.41) is 29.6. The summed E-state index contributed by atoms with van der Waals surface area (Å²) in [5.74, 6) is -1.20. The molecule has 8 nitrogen and oxygen atoms in total. The minimum Gasteiger partial charge on any atom is -0.426 e. The van der Waals surface area contributed by atoms with Crippen molar-refractivity contribution < 1.29 is 24.5 Å². The largest absolute Gasteiger partial charge is 0.475 e. The van der Waals surface area contributed by atoms with Crippen molar-refractivity contribution in [3.8, 4) is 0 Å². The molecule has 2 aromatic rings. The van der Waals surface area contributed by atoms with E-state index in [0.717, 1.165) is 24.0 Å². The number of benzene rings is 2. The Hall–Kier alpha value is -3.17. The van der Waals surface area contributed by atoms with Gasteiger partial charge in [-0.1, -0.05) is 79.7 Å². The maximum Gasteiger partial charge on any atom is 0.475 e. The monoisotopic (exact) mass is 491 g/mol. The van der Waals surface area contributed by atoms with Crippen LogP contribution in [0.15, 0.2) is 65.8 Å². The van der Waals surface area contributed by atoms with Crippen LogP contribution in [-0.2, 0) is 26.3 Å². The Balaban J connectivity index is 1.45. The van der Waals surface area contributed by atoms with Crippen molar-refractivity contribution in [2.75, 3.05) is 6.54 Å². The molecule has 0 bridgehead atoms. The van der Waals surface area contributed by atoms with Gasteiger partial charge < -0.3 is 25.5 Å². The fraction of sp³-hybridized carbons (Fsp3) is 0.444. The quantitative estimate of drug-likeness (QED) is 0.359. The van der Waals surface area contributed by atoms with Gasteiger partial charge in [0.05, 0.1) is 23.6 Å². The third-order valence-corrected chi connectivity index (χ3v) is 6.95. The summed E-state index contributed by atoms with van der Waals surface area (Å²) in [5.41, 5.74) is 0.606. The van der Waals surface area contributed by atoms with Crippen molar-refractivity contribution in [3.05, 3.63) is 71.8 Å². The number of carbonyl (C=O) groups is 2. The van der Waals surface area contributed by atoms with Crippen LogP contribution in [0.5, 0.6) is 0 Å². The Morgan fingerprint density at radius 3 is 2.25 bits per heavy atom. The van der Waals surface area contributed by atoms with Crippen LogP contribution in [0, 0.1) is 5.92 Å². The Labute approximate surface area is 212 Å². The molecule has 1 fully saturated rings. The van der Waals surface area contributed by atoms with E-state index in [2.05, 4.69) is 15.8 Å². The predicted octanol–water partition coefficient (Wildman–Crippen LogP) is 2.14. The Morgan fingerprint density at radius 2 is 1.67 bits per heavy atom.